The third-order valence-electron chi connectivity index (χ3n) is 4.04. The molecule has 0 bridgehead atoms. The molecule has 3 N–H and O–H groups in total. The van der Waals surface area contributed by atoms with E-state index in [2.05, 4.69) is 6.92 Å². The second-order valence-corrected chi connectivity index (χ2v) is 6.51. The number of aliphatic carboxylic acids is 1. The van der Waals surface area contributed by atoms with Crippen LogP contribution in [0.3, 0.4) is 0 Å². The number of carboxylic acid groups (broad SMARTS) is 1. The normalized spacial score (nSPS) is 15.7. The van der Waals surface area contributed by atoms with E-state index < -0.39 is 11.5 Å². The van der Waals surface area contributed by atoms with Crippen molar-refractivity contribution < 1.29 is 9.90 Å². The summed E-state index contributed by atoms with van der Waals surface area (Å²) in [5.41, 5.74) is 6.07. The summed E-state index contributed by atoms with van der Waals surface area (Å²) in [5.74, 6) is -1.02. The van der Waals surface area contributed by atoms with Crippen molar-refractivity contribution in [3.63, 3.8) is 0 Å². The molecule has 3 nitrogen and oxygen atoms in total. The van der Waals surface area contributed by atoms with E-state index in [1.54, 1.807) is 12.1 Å². The summed E-state index contributed by atoms with van der Waals surface area (Å²) in [4.78, 5) is 11.9. The fourth-order valence-corrected chi connectivity index (χ4v) is 3.14. The largest absolute Gasteiger partial charge is 0.480 e. The Kier molecular flexibility index (Phi) is 6.69. The van der Waals surface area contributed by atoms with Crippen LogP contribution in [0.1, 0.15) is 57.9 Å². The molecular formula is C17H26ClNO2. The lowest BCUT2D eigenvalue weighted by molar-refractivity contribution is -0.145. The lowest BCUT2D eigenvalue weighted by atomic mass is 9.71. The molecule has 2 unspecified atom stereocenters. The highest BCUT2D eigenvalue weighted by Gasteiger charge is 2.43. The Balaban J connectivity index is 3.14. The number of nitrogens with two attached hydrogens (primary N) is 1. The highest BCUT2D eigenvalue weighted by Crippen LogP contribution is 2.37. The van der Waals surface area contributed by atoms with Crippen molar-refractivity contribution >= 4 is 17.6 Å². The molecule has 21 heavy (non-hydrogen) atoms. The summed E-state index contributed by atoms with van der Waals surface area (Å²) in [6, 6.07) is 7.36. The van der Waals surface area contributed by atoms with Crippen LogP contribution in [0.4, 0.5) is 0 Å². The van der Waals surface area contributed by atoms with E-state index in [4.69, 9.17) is 17.3 Å². The first kappa shape index (κ1) is 18.0. The molecule has 0 spiro atoms. The van der Waals surface area contributed by atoms with Crippen LogP contribution in [-0.4, -0.2) is 16.6 Å². The Bertz CT molecular complexity index is 458. The summed E-state index contributed by atoms with van der Waals surface area (Å²) in [6.07, 6.45) is 3.36. The van der Waals surface area contributed by atoms with Crippen molar-refractivity contribution in [2.75, 3.05) is 0 Å². The summed E-state index contributed by atoms with van der Waals surface area (Å²) in [7, 11) is 0. The van der Waals surface area contributed by atoms with Gasteiger partial charge in [0.25, 0.3) is 0 Å². The quantitative estimate of drug-likeness (QED) is 0.697. The predicted octanol–water partition coefficient (Wildman–Crippen LogP) is 4.44. The summed E-state index contributed by atoms with van der Waals surface area (Å²) in [5, 5.41) is 10.4. The molecule has 0 saturated carbocycles. The standard InChI is InChI=1S/C17H26ClNO2/c1-4-5-6-11-17(19,16(20)21)15(12(2)3)13-7-9-14(18)10-8-13/h7-10,12,15H,4-6,11,19H2,1-3H3,(H,20,21). The van der Waals surface area contributed by atoms with E-state index in [0.717, 1.165) is 24.8 Å². The first-order chi connectivity index (χ1) is 9.82. The van der Waals surface area contributed by atoms with Crippen molar-refractivity contribution in [2.24, 2.45) is 11.7 Å². The predicted molar refractivity (Wildman–Crippen MR) is 87.7 cm³/mol. The molecule has 0 radical (unpaired) electrons. The zero-order chi connectivity index (χ0) is 16.0. The summed E-state index contributed by atoms with van der Waals surface area (Å²) in [6.45, 7) is 6.13. The number of rotatable bonds is 8. The van der Waals surface area contributed by atoms with Gasteiger partial charge in [-0.1, -0.05) is 63.8 Å². The number of halogens is 1. The minimum atomic E-state index is -1.24. The average Bonchev–Trinajstić information content (AvgIpc) is 2.41. The lowest BCUT2D eigenvalue weighted by Crippen LogP contribution is -2.54. The first-order valence-corrected chi connectivity index (χ1v) is 7.98. The highest BCUT2D eigenvalue weighted by molar-refractivity contribution is 6.30. The van der Waals surface area contributed by atoms with Gasteiger partial charge in [0.15, 0.2) is 0 Å². The number of carbonyl (C=O) groups is 1. The Labute approximate surface area is 132 Å². The molecule has 1 rings (SSSR count). The Morgan fingerprint density at radius 1 is 1.29 bits per heavy atom. The van der Waals surface area contributed by atoms with Crippen molar-refractivity contribution in [3.8, 4) is 0 Å². The fraction of sp³-hybridized carbons (Fsp3) is 0.588. The van der Waals surface area contributed by atoms with Crippen LogP contribution in [0, 0.1) is 5.92 Å². The lowest BCUT2D eigenvalue weighted by Gasteiger charge is -2.37. The van der Waals surface area contributed by atoms with E-state index >= 15 is 0 Å². The molecule has 1 aromatic carbocycles. The van der Waals surface area contributed by atoms with E-state index in [1.165, 1.54) is 0 Å². The molecule has 0 amide bonds. The van der Waals surface area contributed by atoms with Crippen LogP contribution < -0.4 is 5.73 Å². The molecule has 4 heteroatoms. The van der Waals surface area contributed by atoms with E-state index in [9.17, 15) is 9.90 Å². The molecule has 118 valence electrons. The molecule has 2 atom stereocenters. The van der Waals surface area contributed by atoms with Gasteiger partial charge in [0.1, 0.15) is 5.54 Å². The number of unbranched alkanes of at least 4 members (excludes halogenated alkanes) is 2. The van der Waals surface area contributed by atoms with Gasteiger partial charge in [0.2, 0.25) is 0 Å². The van der Waals surface area contributed by atoms with Crippen molar-refractivity contribution in [1.82, 2.24) is 0 Å². The average molecular weight is 312 g/mol. The Morgan fingerprint density at radius 3 is 2.29 bits per heavy atom. The van der Waals surface area contributed by atoms with Crippen LogP contribution in [0.2, 0.25) is 5.02 Å². The van der Waals surface area contributed by atoms with Gasteiger partial charge in [-0.2, -0.15) is 0 Å². The maximum absolute atomic E-state index is 11.9. The molecule has 1 aromatic rings. The van der Waals surface area contributed by atoms with Gasteiger partial charge in [0.05, 0.1) is 0 Å². The molecule has 0 aliphatic heterocycles. The van der Waals surface area contributed by atoms with Gasteiger partial charge in [0, 0.05) is 10.9 Å². The fourth-order valence-electron chi connectivity index (χ4n) is 3.01. The zero-order valence-corrected chi connectivity index (χ0v) is 13.9. The summed E-state index contributed by atoms with van der Waals surface area (Å²) < 4.78 is 0. The van der Waals surface area contributed by atoms with Gasteiger partial charge in [-0.05, 0) is 30.0 Å². The molecule has 0 aliphatic carbocycles. The topological polar surface area (TPSA) is 63.3 Å². The van der Waals surface area contributed by atoms with Crippen molar-refractivity contribution in [3.05, 3.63) is 34.9 Å². The molecule has 0 aromatic heterocycles. The summed E-state index contributed by atoms with van der Waals surface area (Å²) >= 11 is 5.93. The van der Waals surface area contributed by atoms with E-state index in [0.29, 0.717) is 11.4 Å². The minimum absolute atomic E-state index is 0.133. The van der Waals surface area contributed by atoms with Crippen LogP contribution >= 0.6 is 11.6 Å². The van der Waals surface area contributed by atoms with Gasteiger partial charge >= 0.3 is 5.97 Å². The van der Waals surface area contributed by atoms with Crippen molar-refractivity contribution in [2.45, 2.75) is 57.9 Å². The van der Waals surface area contributed by atoms with Crippen LogP contribution in [-0.2, 0) is 4.79 Å². The smallest absolute Gasteiger partial charge is 0.324 e. The third-order valence-corrected chi connectivity index (χ3v) is 4.29. The van der Waals surface area contributed by atoms with Crippen LogP contribution in [0.15, 0.2) is 24.3 Å². The van der Waals surface area contributed by atoms with Gasteiger partial charge < -0.3 is 10.8 Å². The number of carboxylic acids is 1. The van der Waals surface area contributed by atoms with Gasteiger partial charge in [-0.25, -0.2) is 0 Å². The molecular weight excluding hydrogens is 286 g/mol. The van der Waals surface area contributed by atoms with Gasteiger partial charge in [-0.15, -0.1) is 0 Å². The Hall–Kier alpha value is -1.06. The molecule has 0 aliphatic rings. The highest BCUT2D eigenvalue weighted by atomic mass is 35.5. The van der Waals surface area contributed by atoms with Crippen LogP contribution in [0.5, 0.6) is 0 Å². The third kappa shape index (κ3) is 4.45. The first-order valence-electron chi connectivity index (χ1n) is 7.60. The maximum atomic E-state index is 11.9. The Morgan fingerprint density at radius 2 is 1.86 bits per heavy atom. The molecule has 0 heterocycles. The molecule has 0 saturated heterocycles. The number of benzene rings is 1. The van der Waals surface area contributed by atoms with Crippen molar-refractivity contribution in [1.29, 1.82) is 0 Å². The second-order valence-electron chi connectivity index (χ2n) is 6.08. The van der Waals surface area contributed by atoms with Gasteiger partial charge in [-0.3, -0.25) is 4.79 Å². The van der Waals surface area contributed by atoms with Crippen LogP contribution in [0.25, 0.3) is 0 Å². The zero-order valence-electron chi connectivity index (χ0n) is 13.1. The number of hydrogen-bond donors (Lipinski definition) is 2. The molecule has 0 fully saturated rings. The van der Waals surface area contributed by atoms with E-state index in [1.807, 2.05) is 26.0 Å². The second kappa shape index (κ2) is 7.81. The van der Waals surface area contributed by atoms with E-state index in [-0.39, 0.29) is 11.8 Å². The maximum Gasteiger partial charge on any atom is 0.324 e. The number of hydrogen-bond acceptors (Lipinski definition) is 2. The SMILES string of the molecule is CCCCCC(N)(C(=O)O)C(c1ccc(Cl)cc1)C(C)C. The minimum Gasteiger partial charge on any atom is -0.480 e. The monoisotopic (exact) mass is 311 g/mol.